The molecule has 4 rings (SSSR count). The molecule has 0 aromatic heterocycles. The lowest BCUT2D eigenvalue weighted by atomic mass is 10.1. The number of carbonyl (C=O) groups is 2. The fourth-order valence-electron chi connectivity index (χ4n) is 2.78. The Labute approximate surface area is 167 Å². The first kappa shape index (κ1) is 19.0. The van der Waals surface area contributed by atoms with Crippen molar-refractivity contribution in [3.05, 3.63) is 48.0 Å². The second-order valence-corrected chi connectivity index (χ2v) is 9.93. The van der Waals surface area contributed by atoms with Gasteiger partial charge in [0.05, 0.1) is 15.8 Å². The molecule has 0 radical (unpaired) electrons. The van der Waals surface area contributed by atoms with Crippen LogP contribution in [0.5, 0.6) is 0 Å². The molecule has 2 aromatic rings. The highest BCUT2D eigenvalue weighted by Gasteiger charge is 2.28. The number of fused-ring (bicyclic) bond motifs is 1. The van der Waals surface area contributed by atoms with Crippen molar-refractivity contribution in [2.75, 3.05) is 10.6 Å². The highest BCUT2D eigenvalue weighted by molar-refractivity contribution is 8.01. The van der Waals surface area contributed by atoms with Crippen LogP contribution in [0.1, 0.15) is 30.1 Å². The number of sulfonamides is 1. The first-order valence-corrected chi connectivity index (χ1v) is 11.2. The van der Waals surface area contributed by atoms with Gasteiger partial charge in [-0.15, -0.1) is 11.8 Å². The summed E-state index contributed by atoms with van der Waals surface area (Å²) in [6.45, 7) is 1.82. The van der Waals surface area contributed by atoms with Gasteiger partial charge in [0.15, 0.2) is 0 Å². The van der Waals surface area contributed by atoms with Crippen molar-refractivity contribution >= 4 is 45.0 Å². The van der Waals surface area contributed by atoms with Crippen LogP contribution >= 0.6 is 11.8 Å². The second-order valence-electron chi connectivity index (χ2n) is 6.84. The molecule has 2 amide bonds. The Morgan fingerprint density at radius 1 is 1.18 bits per heavy atom. The first-order chi connectivity index (χ1) is 13.3. The fourth-order valence-corrected chi connectivity index (χ4v) is 5.06. The maximum Gasteiger partial charge on any atom is 0.255 e. The van der Waals surface area contributed by atoms with Gasteiger partial charge in [0.25, 0.3) is 5.91 Å². The average molecular weight is 418 g/mol. The number of anilines is 2. The summed E-state index contributed by atoms with van der Waals surface area (Å²) in [5.74, 6) is -0.485. The highest BCUT2D eigenvalue weighted by atomic mass is 32.2. The van der Waals surface area contributed by atoms with Crippen molar-refractivity contribution in [3.8, 4) is 0 Å². The third-order valence-corrected chi connectivity index (χ3v) is 7.17. The predicted octanol–water partition coefficient (Wildman–Crippen LogP) is 2.81. The van der Waals surface area contributed by atoms with Crippen LogP contribution in [0.3, 0.4) is 0 Å². The molecule has 3 N–H and O–H groups in total. The summed E-state index contributed by atoms with van der Waals surface area (Å²) < 4.78 is 27.3. The van der Waals surface area contributed by atoms with Crippen LogP contribution in [-0.4, -0.2) is 31.5 Å². The molecule has 28 heavy (non-hydrogen) atoms. The molecule has 0 spiro atoms. The minimum absolute atomic E-state index is 0.00883. The van der Waals surface area contributed by atoms with E-state index < -0.39 is 10.0 Å². The summed E-state index contributed by atoms with van der Waals surface area (Å²) in [7, 11) is -3.59. The summed E-state index contributed by atoms with van der Waals surface area (Å²) in [6.07, 6.45) is 1.70. The molecule has 1 heterocycles. The van der Waals surface area contributed by atoms with E-state index >= 15 is 0 Å². The molecule has 1 fully saturated rings. The molecule has 1 atom stereocenters. The summed E-state index contributed by atoms with van der Waals surface area (Å²) >= 11 is 1.44. The summed E-state index contributed by atoms with van der Waals surface area (Å²) in [5.41, 5.74) is 1.36. The van der Waals surface area contributed by atoms with E-state index in [2.05, 4.69) is 15.4 Å². The van der Waals surface area contributed by atoms with Crippen LogP contribution in [0.4, 0.5) is 11.4 Å². The van der Waals surface area contributed by atoms with E-state index in [1.165, 1.54) is 23.9 Å². The van der Waals surface area contributed by atoms with Gasteiger partial charge in [-0.2, -0.15) is 0 Å². The standard InChI is InChI=1S/C19H19N3O4S2/c1-11-18(23)21-16-9-12(5-8-17(16)27-11)19(24)20-14-3-2-4-15(10-14)28(25,26)22-13-6-7-13/h2-5,8-11,13,22H,6-7H2,1H3,(H,20,24)(H,21,23). The van der Waals surface area contributed by atoms with E-state index in [9.17, 15) is 18.0 Å². The van der Waals surface area contributed by atoms with Crippen LogP contribution < -0.4 is 15.4 Å². The number of nitrogens with one attached hydrogen (secondary N) is 3. The van der Waals surface area contributed by atoms with Gasteiger partial charge in [0.1, 0.15) is 0 Å². The van der Waals surface area contributed by atoms with E-state index in [0.29, 0.717) is 16.9 Å². The van der Waals surface area contributed by atoms with Gasteiger partial charge in [0, 0.05) is 22.2 Å². The van der Waals surface area contributed by atoms with Crippen molar-refractivity contribution in [3.63, 3.8) is 0 Å². The van der Waals surface area contributed by atoms with E-state index in [0.717, 1.165) is 17.7 Å². The lowest BCUT2D eigenvalue weighted by Crippen LogP contribution is -2.26. The highest BCUT2D eigenvalue weighted by Crippen LogP contribution is 2.36. The molecule has 1 aliphatic heterocycles. The fraction of sp³-hybridized carbons (Fsp3) is 0.263. The van der Waals surface area contributed by atoms with E-state index in [-0.39, 0.29) is 28.0 Å². The van der Waals surface area contributed by atoms with Crippen molar-refractivity contribution in [2.45, 2.75) is 40.8 Å². The van der Waals surface area contributed by atoms with Crippen molar-refractivity contribution in [2.24, 2.45) is 0 Å². The lowest BCUT2D eigenvalue weighted by Gasteiger charge is -2.21. The van der Waals surface area contributed by atoms with Crippen LogP contribution in [-0.2, 0) is 14.8 Å². The monoisotopic (exact) mass is 417 g/mol. The normalized spacial score (nSPS) is 18.9. The zero-order valence-electron chi connectivity index (χ0n) is 15.1. The van der Waals surface area contributed by atoms with Gasteiger partial charge in [-0.3, -0.25) is 9.59 Å². The van der Waals surface area contributed by atoms with Gasteiger partial charge >= 0.3 is 0 Å². The Kier molecular flexibility index (Phi) is 4.90. The number of thioether (sulfide) groups is 1. The largest absolute Gasteiger partial charge is 0.324 e. The summed E-state index contributed by atoms with van der Waals surface area (Å²) in [4.78, 5) is 25.5. The lowest BCUT2D eigenvalue weighted by molar-refractivity contribution is -0.115. The minimum atomic E-state index is -3.59. The number of hydrogen-bond acceptors (Lipinski definition) is 5. The molecule has 2 aromatic carbocycles. The first-order valence-electron chi connectivity index (χ1n) is 8.87. The maximum absolute atomic E-state index is 12.6. The SMILES string of the molecule is CC1Sc2ccc(C(=O)Nc3cccc(S(=O)(=O)NC4CC4)c3)cc2NC1=O. The van der Waals surface area contributed by atoms with Gasteiger partial charge < -0.3 is 10.6 Å². The van der Waals surface area contributed by atoms with Gasteiger partial charge in [0.2, 0.25) is 15.9 Å². The molecular weight excluding hydrogens is 398 g/mol. The zero-order chi connectivity index (χ0) is 19.9. The minimum Gasteiger partial charge on any atom is -0.324 e. The Morgan fingerprint density at radius 3 is 2.71 bits per heavy atom. The van der Waals surface area contributed by atoms with Gasteiger partial charge in [-0.1, -0.05) is 6.07 Å². The van der Waals surface area contributed by atoms with Crippen LogP contribution in [0.25, 0.3) is 0 Å². The molecular formula is C19H19N3O4S2. The molecule has 1 saturated carbocycles. The topological polar surface area (TPSA) is 104 Å². The quantitative estimate of drug-likeness (QED) is 0.694. The molecule has 9 heteroatoms. The Bertz CT molecular complexity index is 1060. The molecule has 7 nitrogen and oxygen atoms in total. The Balaban J connectivity index is 1.52. The zero-order valence-corrected chi connectivity index (χ0v) is 16.7. The van der Waals surface area contributed by atoms with Crippen molar-refractivity contribution in [1.82, 2.24) is 4.72 Å². The summed E-state index contributed by atoms with van der Waals surface area (Å²) in [5, 5.41) is 5.33. The van der Waals surface area contributed by atoms with Crippen molar-refractivity contribution < 1.29 is 18.0 Å². The number of rotatable bonds is 5. The van der Waals surface area contributed by atoms with Gasteiger partial charge in [-0.05, 0) is 56.2 Å². The van der Waals surface area contributed by atoms with Gasteiger partial charge in [-0.25, -0.2) is 13.1 Å². The number of amides is 2. The second kappa shape index (κ2) is 7.23. The summed E-state index contributed by atoms with van der Waals surface area (Å²) in [6, 6.07) is 11.2. The molecule has 0 saturated heterocycles. The molecule has 1 aliphatic carbocycles. The van der Waals surface area contributed by atoms with Crippen LogP contribution in [0, 0.1) is 0 Å². The number of benzene rings is 2. The molecule has 146 valence electrons. The van der Waals surface area contributed by atoms with Crippen LogP contribution in [0.15, 0.2) is 52.3 Å². The Morgan fingerprint density at radius 2 is 1.96 bits per heavy atom. The maximum atomic E-state index is 12.6. The third kappa shape index (κ3) is 4.06. The molecule has 2 aliphatic rings. The predicted molar refractivity (Wildman–Crippen MR) is 108 cm³/mol. The molecule has 0 bridgehead atoms. The smallest absolute Gasteiger partial charge is 0.255 e. The molecule has 1 unspecified atom stereocenters. The van der Waals surface area contributed by atoms with E-state index in [1.54, 1.807) is 30.3 Å². The Hall–Kier alpha value is -2.36. The van der Waals surface area contributed by atoms with E-state index in [4.69, 9.17) is 0 Å². The number of hydrogen-bond donors (Lipinski definition) is 3. The third-order valence-electron chi connectivity index (χ3n) is 4.47. The van der Waals surface area contributed by atoms with E-state index in [1.807, 2.05) is 6.92 Å². The number of carbonyl (C=O) groups excluding carboxylic acids is 2. The van der Waals surface area contributed by atoms with Crippen molar-refractivity contribution in [1.29, 1.82) is 0 Å². The van der Waals surface area contributed by atoms with Crippen LogP contribution in [0.2, 0.25) is 0 Å². The average Bonchev–Trinajstić information content (AvgIpc) is 3.46.